The Hall–Kier alpha value is -1.32. The van der Waals surface area contributed by atoms with Gasteiger partial charge in [-0.3, -0.25) is 4.79 Å². The minimum absolute atomic E-state index is 0.0944. The number of carbonyl (C=O) groups excluding carboxylic acids is 1. The van der Waals surface area contributed by atoms with Gasteiger partial charge in [-0.05, 0) is 43.4 Å². The van der Waals surface area contributed by atoms with Gasteiger partial charge in [0, 0.05) is 30.3 Å². The van der Waals surface area contributed by atoms with Crippen LogP contribution in [0.1, 0.15) is 31.2 Å². The van der Waals surface area contributed by atoms with Gasteiger partial charge in [-0.2, -0.15) is 0 Å². The van der Waals surface area contributed by atoms with Crippen molar-refractivity contribution in [2.45, 2.75) is 43.9 Å². The number of fused-ring (bicyclic) bond motifs is 2. The van der Waals surface area contributed by atoms with Crippen molar-refractivity contribution in [1.29, 1.82) is 0 Å². The number of hydrogen-bond donors (Lipinski definition) is 0. The second-order valence-corrected chi connectivity index (χ2v) is 6.22. The van der Waals surface area contributed by atoms with Crippen LogP contribution in [0.2, 0.25) is 5.02 Å². The second-order valence-electron chi connectivity index (χ2n) is 5.81. The summed E-state index contributed by atoms with van der Waals surface area (Å²) < 4.78 is 5.47. The third kappa shape index (κ3) is 2.99. The van der Waals surface area contributed by atoms with Gasteiger partial charge >= 0.3 is 0 Å². The molecule has 0 N–H and O–H groups in total. The summed E-state index contributed by atoms with van der Waals surface area (Å²) in [4.78, 5) is 14.5. The number of ether oxygens (including phenoxy) is 1. The van der Waals surface area contributed by atoms with Crippen molar-refractivity contribution in [3.63, 3.8) is 0 Å². The van der Waals surface area contributed by atoms with Gasteiger partial charge in [0.2, 0.25) is 5.91 Å². The van der Waals surface area contributed by atoms with E-state index in [-0.39, 0.29) is 5.91 Å². The molecule has 2 atom stereocenters. The third-order valence-corrected chi connectivity index (χ3v) is 4.93. The van der Waals surface area contributed by atoms with Crippen molar-refractivity contribution in [3.05, 3.63) is 40.9 Å². The highest BCUT2D eigenvalue weighted by Crippen LogP contribution is 2.36. The summed E-state index contributed by atoms with van der Waals surface area (Å²) >= 11 is 6.11. The molecule has 1 amide bonds. The molecule has 2 heterocycles. The number of nitrogens with zero attached hydrogens (tertiary/aromatic N) is 1. The van der Waals surface area contributed by atoms with E-state index in [0.717, 1.165) is 31.2 Å². The summed E-state index contributed by atoms with van der Waals surface area (Å²) in [5.41, 5.74) is 0.881. The molecule has 1 aromatic carbocycles. The Morgan fingerprint density at radius 2 is 1.95 bits per heavy atom. The molecule has 2 fully saturated rings. The number of rotatable bonds is 3. The first kappa shape index (κ1) is 14.6. The highest BCUT2D eigenvalue weighted by Gasteiger charge is 2.42. The minimum Gasteiger partial charge on any atom is -0.381 e. The molecule has 0 aromatic heterocycles. The van der Waals surface area contributed by atoms with Gasteiger partial charge in [0.15, 0.2) is 0 Å². The zero-order chi connectivity index (χ0) is 14.8. The van der Waals surface area contributed by atoms with Crippen LogP contribution in [-0.4, -0.2) is 36.1 Å². The van der Waals surface area contributed by atoms with Crippen molar-refractivity contribution in [3.8, 4) is 0 Å². The van der Waals surface area contributed by atoms with Crippen LogP contribution in [-0.2, 0) is 9.53 Å². The van der Waals surface area contributed by atoms with E-state index in [9.17, 15) is 4.79 Å². The number of amides is 1. The van der Waals surface area contributed by atoms with Crippen LogP contribution >= 0.6 is 11.6 Å². The Labute approximate surface area is 130 Å². The molecule has 0 aliphatic carbocycles. The maximum Gasteiger partial charge on any atom is 0.247 e. The quantitative estimate of drug-likeness (QED) is 0.800. The Balaban J connectivity index is 1.71. The Kier molecular flexibility index (Phi) is 4.32. The minimum atomic E-state index is 0.0944. The van der Waals surface area contributed by atoms with E-state index in [1.807, 2.05) is 35.2 Å². The van der Waals surface area contributed by atoms with E-state index < -0.39 is 0 Å². The Morgan fingerprint density at radius 1 is 1.29 bits per heavy atom. The number of carbonyl (C=O) groups is 1. The van der Waals surface area contributed by atoms with E-state index in [2.05, 4.69) is 0 Å². The van der Waals surface area contributed by atoms with Gasteiger partial charge in [0.05, 0.1) is 6.10 Å². The number of benzene rings is 1. The molecule has 3 rings (SSSR count). The van der Waals surface area contributed by atoms with E-state index in [4.69, 9.17) is 16.3 Å². The highest BCUT2D eigenvalue weighted by atomic mass is 35.5. The molecule has 3 nitrogen and oxygen atoms in total. The normalized spacial score (nSPS) is 28.3. The lowest BCUT2D eigenvalue weighted by Crippen LogP contribution is -2.47. The fraction of sp³-hybridized carbons (Fsp3) is 0.471. The summed E-state index contributed by atoms with van der Waals surface area (Å²) in [6, 6.07) is 8.22. The summed E-state index contributed by atoms with van der Waals surface area (Å²) in [5.74, 6) is 0.0944. The van der Waals surface area contributed by atoms with E-state index in [1.165, 1.54) is 0 Å². The fourth-order valence-corrected chi connectivity index (χ4v) is 3.74. The van der Waals surface area contributed by atoms with Crippen molar-refractivity contribution >= 4 is 23.6 Å². The molecule has 2 bridgehead atoms. The predicted octanol–water partition coefficient (Wildman–Crippen LogP) is 3.52. The van der Waals surface area contributed by atoms with Crippen LogP contribution in [0.25, 0.3) is 6.08 Å². The average molecular weight is 306 g/mol. The van der Waals surface area contributed by atoms with E-state index in [0.29, 0.717) is 23.2 Å². The first-order valence-electron chi connectivity index (χ1n) is 7.46. The first-order valence-corrected chi connectivity index (χ1v) is 7.84. The summed E-state index contributed by atoms with van der Waals surface area (Å²) in [7, 11) is 1.76. The zero-order valence-corrected chi connectivity index (χ0v) is 12.9. The molecule has 1 aromatic rings. The maximum atomic E-state index is 12.5. The van der Waals surface area contributed by atoms with Gasteiger partial charge in [0.25, 0.3) is 0 Å². The van der Waals surface area contributed by atoms with Crippen LogP contribution < -0.4 is 0 Å². The van der Waals surface area contributed by atoms with Crippen molar-refractivity contribution in [1.82, 2.24) is 4.90 Å². The maximum absolute atomic E-state index is 12.5. The Morgan fingerprint density at radius 3 is 2.57 bits per heavy atom. The first-order chi connectivity index (χ1) is 10.2. The van der Waals surface area contributed by atoms with Crippen molar-refractivity contribution in [2.75, 3.05) is 7.11 Å². The Bertz CT molecular complexity index is 543. The molecule has 2 aliphatic heterocycles. The van der Waals surface area contributed by atoms with E-state index >= 15 is 0 Å². The van der Waals surface area contributed by atoms with Crippen LogP contribution in [0.15, 0.2) is 30.3 Å². The monoisotopic (exact) mass is 305 g/mol. The molecule has 0 radical (unpaired) electrons. The smallest absolute Gasteiger partial charge is 0.247 e. The highest BCUT2D eigenvalue weighted by molar-refractivity contribution is 6.32. The molecule has 2 saturated heterocycles. The van der Waals surface area contributed by atoms with Gasteiger partial charge < -0.3 is 9.64 Å². The molecule has 0 spiro atoms. The summed E-state index contributed by atoms with van der Waals surface area (Å²) in [6.07, 6.45) is 7.87. The summed E-state index contributed by atoms with van der Waals surface area (Å²) in [5, 5.41) is 0.669. The molecular weight excluding hydrogens is 286 g/mol. The van der Waals surface area contributed by atoms with Gasteiger partial charge in [-0.25, -0.2) is 0 Å². The topological polar surface area (TPSA) is 29.5 Å². The lowest BCUT2D eigenvalue weighted by atomic mass is 9.99. The molecule has 2 aliphatic rings. The fourth-order valence-electron chi connectivity index (χ4n) is 3.54. The van der Waals surface area contributed by atoms with Crippen LogP contribution in [0.3, 0.4) is 0 Å². The van der Waals surface area contributed by atoms with Gasteiger partial charge in [-0.1, -0.05) is 29.8 Å². The van der Waals surface area contributed by atoms with Crippen molar-refractivity contribution < 1.29 is 9.53 Å². The molecular formula is C17H20ClNO2. The summed E-state index contributed by atoms with van der Waals surface area (Å²) in [6.45, 7) is 0. The standard InChI is InChI=1S/C17H20ClNO2/c1-21-15-10-13-7-8-14(11-15)19(13)17(20)9-6-12-4-2-3-5-16(12)18/h2-6,9,13-15H,7-8,10-11H2,1H3/b9-6+. The van der Waals surface area contributed by atoms with Crippen LogP contribution in [0, 0.1) is 0 Å². The van der Waals surface area contributed by atoms with Gasteiger partial charge in [-0.15, -0.1) is 0 Å². The van der Waals surface area contributed by atoms with Gasteiger partial charge in [0.1, 0.15) is 0 Å². The molecule has 2 unspecified atom stereocenters. The zero-order valence-electron chi connectivity index (χ0n) is 12.2. The second kappa shape index (κ2) is 6.20. The molecule has 0 saturated carbocycles. The average Bonchev–Trinajstić information content (AvgIpc) is 2.76. The number of piperidine rings is 1. The lowest BCUT2D eigenvalue weighted by Gasteiger charge is -2.37. The number of hydrogen-bond acceptors (Lipinski definition) is 2. The SMILES string of the molecule is COC1CC2CCC(C1)N2C(=O)/C=C/c1ccccc1Cl. The van der Waals surface area contributed by atoms with Crippen molar-refractivity contribution in [2.24, 2.45) is 0 Å². The number of halogens is 1. The van der Waals surface area contributed by atoms with Crippen LogP contribution in [0.4, 0.5) is 0 Å². The predicted molar refractivity (Wildman–Crippen MR) is 84.2 cm³/mol. The van der Waals surface area contributed by atoms with E-state index in [1.54, 1.807) is 13.2 Å². The lowest BCUT2D eigenvalue weighted by molar-refractivity contribution is -0.132. The molecule has 4 heteroatoms. The van der Waals surface area contributed by atoms with Crippen LogP contribution in [0.5, 0.6) is 0 Å². The largest absolute Gasteiger partial charge is 0.381 e. The molecule has 21 heavy (non-hydrogen) atoms. The number of methoxy groups -OCH3 is 1. The third-order valence-electron chi connectivity index (χ3n) is 4.59. The molecule has 112 valence electrons.